The van der Waals surface area contributed by atoms with Gasteiger partial charge in [-0.1, -0.05) is 13.8 Å². The molecule has 98 valence electrons. The molecule has 1 heterocycles. The molecule has 1 saturated heterocycles. The molecule has 0 aromatic heterocycles. The van der Waals surface area contributed by atoms with Crippen molar-refractivity contribution in [3.05, 3.63) is 0 Å². The van der Waals surface area contributed by atoms with Gasteiger partial charge in [-0.15, -0.1) is 0 Å². The fourth-order valence-corrected chi connectivity index (χ4v) is 3.43. The van der Waals surface area contributed by atoms with Crippen LogP contribution in [0.1, 0.15) is 39.5 Å². The number of carbonyl (C=O) groups is 1. The zero-order valence-electron chi connectivity index (χ0n) is 10.7. The lowest BCUT2D eigenvalue weighted by Crippen LogP contribution is -2.69. The van der Waals surface area contributed by atoms with Gasteiger partial charge in [0.25, 0.3) is 0 Å². The van der Waals surface area contributed by atoms with Crippen LogP contribution in [-0.4, -0.2) is 36.4 Å². The molecule has 3 unspecified atom stereocenters. The van der Waals surface area contributed by atoms with Crippen LogP contribution < -0.4 is 5.32 Å². The molecule has 0 radical (unpaired) electrons. The van der Waals surface area contributed by atoms with Crippen LogP contribution in [0.15, 0.2) is 0 Å². The van der Waals surface area contributed by atoms with E-state index in [1.54, 1.807) is 0 Å². The van der Waals surface area contributed by atoms with Crippen LogP contribution in [0.25, 0.3) is 0 Å². The van der Waals surface area contributed by atoms with Crippen molar-refractivity contribution >= 4 is 5.97 Å². The first kappa shape index (κ1) is 12.8. The smallest absolute Gasteiger partial charge is 0.303 e. The van der Waals surface area contributed by atoms with Gasteiger partial charge in [-0.05, 0) is 25.8 Å². The fraction of sp³-hybridized carbons (Fsp3) is 0.923. The molecular weight excluding hydrogens is 218 g/mol. The quantitative estimate of drug-likeness (QED) is 0.718. The number of carboxylic acid groups (broad SMARTS) is 1. The zero-order valence-corrected chi connectivity index (χ0v) is 10.7. The van der Waals surface area contributed by atoms with Gasteiger partial charge >= 0.3 is 5.97 Å². The van der Waals surface area contributed by atoms with Gasteiger partial charge in [0.1, 0.15) is 0 Å². The molecule has 0 aromatic carbocycles. The van der Waals surface area contributed by atoms with Gasteiger partial charge in [0.2, 0.25) is 0 Å². The van der Waals surface area contributed by atoms with Gasteiger partial charge in [-0.25, -0.2) is 0 Å². The molecule has 17 heavy (non-hydrogen) atoms. The largest absolute Gasteiger partial charge is 0.481 e. The van der Waals surface area contributed by atoms with Gasteiger partial charge in [0, 0.05) is 30.4 Å². The normalized spacial score (nSPS) is 34.8. The van der Waals surface area contributed by atoms with Crippen LogP contribution in [-0.2, 0) is 9.53 Å². The summed E-state index contributed by atoms with van der Waals surface area (Å²) in [6, 6.07) is 0.488. The molecule has 2 aliphatic rings. The SMILES string of the molecule is CC1(C)C(NCCCC(=O)O)C2CCCOC21. The highest BCUT2D eigenvalue weighted by Crippen LogP contribution is 2.51. The van der Waals surface area contributed by atoms with E-state index in [4.69, 9.17) is 9.84 Å². The Bertz CT molecular complexity index is 290. The third-order valence-corrected chi connectivity index (χ3v) is 4.26. The van der Waals surface area contributed by atoms with Gasteiger partial charge < -0.3 is 15.2 Å². The average Bonchev–Trinajstić information content (AvgIpc) is 2.28. The predicted octanol–water partition coefficient (Wildman–Crippen LogP) is 1.64. The third-order valence-electron chi connectivity index (χ3n) is 4.26. The first-order valence-corrected chi connectivity index (χ1v) is 6.60. The Kier molecular flexibility index (Phi) is 3.73. The maximum atomic E-state index is 10.4. The van der Waals surface area contributed by atoms with E-state index in [0.717, 1.165) is 19.6 Å². The van der Waals surface area contributed by atoms with Crippen molar-refractivity contribution in [1.29, 1.82) is 0 Å². The Balaban J connectivity index is 1.78. The second kappa shape index (κ2) is 4.94. The van der Waals surface area contributed by atoms with Crippen LogP contribution in [0.2, 0.25) is 0 Å². The Labute approximate surface area is 103 Å². The van der Waals surface area contributed by atoms with Crippen molar-refractivity contribution in [2.24, 2.45) is 11.3 Å². The van der Waals surface area contributed by atoms with E-state index in [2.05, 4.69) is 19.2 Å². The van der Waals surface area contributed by atoms with E-state index < -0.39 is 5.97 Å². The number of rotatable bonds is 5. The van der Waals surface area contributed by atoms with Crippen LogP contribution >= 0.6 is 0 Å². The topological polar surface area (TPSA) is 58.6 Å². The van der Waals surface area contributed by atoms with Crippen LogP contribution in [0.3, 0.4) is 0 Å². The van der Waals surface area contributed by atoms with E-state index in [9.17, 15) is 4.79 Å². The lowest BCUT2D eigenvalue weighted by Gasteiger charge is -2.60. The molecule has 2 N–H and O–H groups in total. The van der Waals surface area contributed by atoms with E-state index in [1.165, 1.54) is 6.42 Å². The van der Waals surface area contributed by atoms with Crippen LogP contribution in [0.4, 0.5) is 0 Å². The second-order valence-corrected chi connectivity index (χ2v) is 5.85. The summed E-state index contributed by atoms with van der Waals surface area (Å²) in [5.74, 6) is -0.0814. The zero-order chi connectivity index (χ0) is 12.5. The van der Waals surface area contributed by atoms with Crippen molar-refractivity contribution < 1.29 is 14.6 Å². The summed E-state index contributed by atoms with van der Waals surface area (Å²) < 4.78 is 5.83. The summed E-state index contributed by atoms with van der Waals surface area (Å²) in [6.45, 7) is 6.18. The fourth-order valence-electron chi connectivity index (χ4n) is 3.43. The molecule has 3 atom stereocenters. The molecule has 0 bridgehead atoms. The monoisotopic (exact) mass is 241 g/mol. The molecule has 1 aliphatic carbocycles. The maximum absolute atomic E-state index is 10.4. The second-order valence-electron chi connectivity index (χ2n) is 5.85. The number of aliphatic carboxylic acids is 1. The van der Waals surface area contributed by atoms with E-state index in [-0.39, 0.29) is 11.8 Å². The maximum Gasteiger partial charge on any atom is 0.303 e. The Morgan fingerprint density at radius 3 is 3.00 bits per heavy atom. The van der Waals surface area contributed by atoms with E-state index >= 15 is 0 Å². The molecule has 0 amide bonds. The molecule has 0 aromatic rings. The highest BCUT2D eigenvalue weighted by Gasteiger charge is 2.57. The van der Waals surface area contributed by atoms with E-state index in [0.29, 0.717) is 24.5 Å². The van der Waals surface area contributed by atoms with E-state index in [1.807, 2.05) is 0 Å². The average molecular weight is 241 g/mol. The van der Waals surface area contributed by atoms with Crippen LogP contribution in [0.5, 0.6) is 0 Å². The molecular formula is C13H23NO3. The van der Waals surface area contributed by atoms with Crippen molar-refractivity contribution in [3.8, 4) is 0 Å². The van der Waals surface area contributed by atoms with Gasteiger partial charge in [-0.2, -0.15) is 0 Å². The number of fused-ring (bicyclic) bond motifs is 1. The first-order chi connectivity index (χ1) is 8.03. The number of nitrogens with one attached hydrogen (secondary N) is 1. The predicted molar refractivity (Wildman–Crippen MR) is 64.9 cm³/mol. The summed E-state index contributed by atoms with van der Waals surface area (Å²) in [4.78, 5) is 10.4. The highest BCUT2D eigenvalue weighted by molar-refractivity contribution is 5.66. The Morgan fingerprint density at radius 2 is 2.29 bits per heavy atom. The van der Waals surface area contributed by atoms with Crippen molar-refractivity contribution in [3.63, 3.8) is 0 Å². The molecule has 1 saturated carbocycles. The number of hydrogen-bond donors (Lipinski definition) is 2. The molecule has 4 nitrogen and oxygen atoms in total. The summed E-state index contributed by atoms with van der Waals surface area (Å²) in [6.07, 6.45) is 3.76. The minimum absolute atomic E-state index is 0.189. The molecule has 4 heteroatoms. The van der Waals surface area contributed by atoms with Crippen LogP contribution in [0, 0.1) is 11.3 Å². The Morgan fingerprint density at radius 1 is 1.53 bits per heavy atom. The summed E-state index contributed by atoms with van der Waals surface area (Å²) in [5, 5.41) is 12.1. The molecule has 2 rings (SSSR count). The highest BCUT2D eigenvalue weighted by atomic mass is 16.5. The molecule has 0 spiro atoms. The van der Waals surface area contributed by atoms with Crippen molar-refractivity contribution in [2.75, 3.05) is 13.2 Å². The molecule has 2 fully saturated rings. The lowest BCUT2D eigenvalue weighted by atomic mass is 9.55. The lowest BCUT2D eigenvalue weighted by molar-refractivity contribution is -0.192. The first-order valence-electron chi connectivity index (χ1n) is 6.60. The summed E-state index contributed by atoms with van der Waals surface area (Å²) in [5.41, 5.74) is 0.189. The third kappa shape index (κ3) is 2.47. The standard InChI is InChI=1S/C13H23NO3/c1-13(2)11(14-7-3-6-10(15)16)9-5-4-8-17-12(9)13/h9,11-12,14H,3-8H2,1-2H3,(H,15,16). The van der Waals surface area contributed by atoms with Gasteiger partial charge in [0.15, 0.2) is 0 Å². The number of hydrogen-bond acceptors (Lipinski definition) is 3. The Hall–Kier alpha value is -0.610. The van der Waals surface area contributed by atoms with Gasteiger partial charge in [-0.3, -0.25) is 4.79 Å². The van der Waals surface area contributed by atoms with Gasteiger partial charge in [0.05, 0.1) is 6.10 Å². The number of ether oxygens (including phenoxy) is 1. The summed E-state index contributed by atoms with van der Waals surface area (Å²) in [7, 11) is 0. The van der Waals surface area contributed by atoms with Crippen molar-refractivity contribution in [2.45, 2.75) is 51.7 Å². The summed E-state index contributed by atoms with van der Waals surface area (Å²) >= 11 is 0. The number of carboxylic acids is 1. The minimum Gasteiger partial charge on any atom is -0.481 e. The molecule has 1 aliphatic heterocycles. The van der Waals surface area contributed by atoms with Crippen molar-refractivity contribution in [1.82, 2.24) is 5.32 Å². The minimum atomic E-state index is -0.710.